The molecule has 0 unspecified atom stereocenters. The number of nitrogens with zero attached hydrogens (tertiary/aromatic N) is 1. The highest BCUT2D eigenvalue weighted by atomic mass is 16.3. The molecule has 0 atom stereocenters. The van der Waals surface area contributed by atoms with E-state index in [1.807, 2.05) is 24.3 Å². The maximum Gasteiger partial charge on any atom is 0.143 e. The van der Waals surface area contributed by atoms with E-state index < -0.39 is 0 Å². The highest BCUT2D eigenvalue weighted by molar-refractivity contribution is 6.27. The number of rotatable bonds is 6. The molecule has 0 saturated carbocycles. The first kappa shape index (κ1) is 34.4. The predicted octanol–water partition coefficient (Wildman–Crippen LogP) is 16.3. The summed E-state index contributed by atoms with van der Waals surface area (Å²) in [6.45, 7) is 4.69. The van der Waals surface area contributed by atoms with Crippen LogP contribution in [-0.2, 0) is 5.41 Å². The van der Waals surface area contributed by atoms with Crippen molar-refractivity contribution < 1.29 is 8.83 Å². The van der Waals surface area contributed by atoms with Gasteiger partial charge in [-0.15, -0.1) is 0 Å². The lowest BCUT2D eigenvalue weighted by atomic mass is 9.82. The Morgan fingerprint density at radius 3 is 1.63 bits per heavy atom. The minimum Gasteiger partial charge on any atom is -0.456 e. The summed E-state index contributed by atoms with van der Waals surface area (Å²) < 4.78 is 13.2. The fourth-order valence-electron chi connectivity index (χ4n) is 9.70. The highest BCUT2D eigenvalue weighted by Crippen LogP contribution is 2.51. The van der Waals surface area contributed by atoms with Crippen LogP contribution in [0.2, 0.25) is 0 Å². The van der Waals surface area contributed by atoms with Gasteiger partial charge in [-0.25, -0.2) is 0 Å². The third-order valence-electron chi connectivity index (χ3n) is 12.7. The maximum absolute atomic E-state index is 6.86. The first-order chi connectivity index (χ1) is 29.5. The van der Waals surface area contributed by atoms with Crippen molar-refractivity contribution in [3.63, 3.8) is 0 Å². The zero-order chi connectivity index (χ0) is 40.0. The Morgan fingerprint density at radius 2 is 0.900 bits per heavy atom. The van der Waals surface area contributed by atoms with Crippen LogP contribution in [0.3, 0.4) is 0 Å². The first-order valence-corrected chi connectivity index (χ1v) is 20.7. The Bertz CT molecular complexity index is 3430. The molecule has 1 aliphatic carbocycles. The number of para-hydroxylation sites is 1. The van der Waals surface area contributed by atoms with Crippen LogP contribution in [-0.4, -0.2) is 0 Å². The standard InChI is InChI=1S/C57H39NO2/c1-57(2)49-19-11-9-17-44(49)45-30-29-43(35-50(45)57)58(41-25-21-38(22-26-41)36-13-5-3-6-14-36)42-27-23-39(24-28-42)47-33-40(37-15-7-4-8-16-37)34-48-55-53(60-56(47)48)32-31-52-54(55)46-18-10-12-20-51(46)59-52/h3-35H,1-2H3. The van der Waals surface area contributed by atoms with Gasteiger partial charge in [0.05, 0.1) is 0 Å². The second-order valence-electron chi connectivity index (χ2n) is 16.5. The van der Waals surface area contributed by atoms with Crippen molar-refractivity contribution >= 4 is 60.9 Å². The quantitative estimate of drug-likeness (QED) is 0.169. The van der Waals surface area contributed by atoms with E-state index in [4.69, 9.17) is 8.83 Å². The number of fused-ring (bicyclic) bond motifs is 10. The Balaban J connectivity index is 1.03. The van der Waals surface area contributed by atoms with Crippen molar-refractivity contribution in [3.05, 3.63) is 211 Å². The topological polar surface area (TPSA) is 29.5 Å². The SMILES string of the molecule is CC1(C)c2ccccc2-c2ccc(N(c3ccc(-c4ccccc4)cc3)c3ccc(-c4cc(-c5ccccc5)cc5c4oc4ccc6oc7ccccc7c6c45)cc3)cc21. The van der Waals surface area contributed by atoms with Crippen LogP contribution < -0.4 is 4.90 Å². The van der Waals surface area contributed by atoms with E-state index in [9.17, 15) is 0 Å². The molecular formula is C57H39NO2. The average Bonchev–Trinajstić information content (AvgIpc) is 3.95. The van der Waals surface area contributed by atoms with Gasteiger partial charge < -0.3 is 13.7 Å². The molecule has 0 amide bonds. The van der Waals surface area contributed by atoms with Crippen molar-refractivity contribution in [2.45, 2.75) is 19.3 Å². The normalized spacial score (nSPS) is 13.0. The largest absolute Gasteiger partial charge is 0.456 e. The first-order valence-electron chi connectivity index (χ1n) is 20.7. The predicted molar refractivity (Wildman–Crippen MR) is 250 cm³/mol. The smallest absolute Gasteiger partial charge is 0.143 e. The number of benzene rings is 9. The number of hydrogen-bond donors (Lipinski definition) is 0. The summed E-state index contributed by atoms with van der Waals surface area (Å²) in [5.74, 6) is 0. The molecule has 284 valence electrons. The molecule has 0 aliphatic heterocycles. The van der Waals surface area contributed by atoms with Crippen molar-refractivity contribution in [2.24, 2.45) is 0 Å². The summed E-state index contributed by atoms with van der Waals surface area (Å²) in [7, 11) is 0. The Labute approximate surface area is 348 Å². The van der Waals surface area contributed by atoms with E-state index >= 15 is 0 Å². The number of furan rings is 2. The lowest BCUT2D eigenvalue weighted by Gasteiger charge is -2.28. The third-order valence-corrected chi connectivity index (χ3v) is 12.7. The zero-order valence-corrected chi connectivity index (χ0v) is 33.3. The zero-order valence-electron chi connectivity index (χ0n) is 33.3. The Morgan fingerprint density at radius 1 is 0.350 bits per heavy atom. The highest BCUT2D eigenvalue weighted by Gasteiger charge is 2.35. The van der Waals surface area contributed by atoms with Gasteiger partial charge in [-0.1, -0.05) is 147 Å². The molecule has 0 fully saturated rings. The van der Waals surface area contributed by atoms with Gasteiger partial charge in [0.15, 0.2) is 0 Å². The fourth-order valence-corrected chi connectivity index (χ4v) is 9.70. The maximum atomic E-state index is 6.86. The average molecular weight is 770 g/mol. The number of hydrogen-bond acceptors (Lipinski definition) is 3. The van der Waals surface area contributed by atoms with Crippen LogP contribution >= 0.6 is 0 Å². The van der Waals surface area contributed by atoms with Crippen LogP contribution in [0.25, 0.3) is 88.4 Å². The van der Waals surface area contributed by atoms with Gasteiger partial charge in [-0.3, -0.25) is 0 Å². The molecule has 12 rings (SSSR count). The summed E-state index contributed by atoms with van der Waals surface area (Å²) >= 11 is 0. The number of anilines is 3. The van der Waals surface area contributed by atoms with Crippen LogP contribution in [0.15, 0.2) is 209 Å². The van der Waals surface area contributed by atoms with Crippen LogP contribution in [0.1, 0.15) is 25.0 Å². The monoisotopic (exact) mass is 769 g/mol. The molecule has 2 aromatic heterocycles. The fraction of sp³-hybridized carbons (Fsp3) is 0.0526. The molecule has 3 nitrogen and oxygen atoms in total. The molecule has 1 aliphatic rings. The van der Waals surface area contributed by atoms with Crippen molar-refractivity contribution in [2.75, 3.05) is 4.90 Å². The van der Waals surface area contributed by atoms with Gasteiger partial charge in [-0.2, -0.15) is 0 Å². The minimum absolute atomic E-state index is 0.120. The van der Waals surface area contributed by atoms with Crippen LogP contribution in [0.5, 0.6) is 0 Å². The van der Waals surface area contributed by atoms with Crippen LogP contribution in [0.4, 0.5) is 17.1 Å². The van der Waals surface area contributed by atoms with E-state index in [1.165, 1.54) is 33.4 Å². The molecule has 2 heterocycles. The molecule has 0 saturated heterocycles. The van der Waals surface area contributed by atoms with E-state index in [0.717, 1.165) is 83.2 Å². The van der Waals surface area contributed by atoms with Gasteiger partial charge in [0.25, 0.3) is 0 Å². The molecule has 11 aromatic rings. The van der Waals surface area contributed by atoms with E-state index in [-0.39, 0.29) is 5.41 Å². The second-order valence-corrected chi connectivity index (χ2v) is 16.5. The molecule has 0 bridgehead atoms. The van der Waals surface area contributed by atoms with E-state index in [1.54, 1.807) is 0 Å². The van der Waals surface area contributed by atoms with E-state index in [2.05, 4.69) is 195 Å². The molecule has 9 aromatic carbocycles. The van der Waals surface area contributed by atoms with Crippen molar-refractivity contribution in [3.8, 4) is 44.5 Å². The van der Waals surface area contributed by atoms with Crippen LogP contribution in [0, 0.1) is 0 Å². The lowest BCUT2D eigenvalue weighted by molar-refractivity contribution is 0.660. The van der Waals surface area contributed by atoms with Gasteiger partial charge in [0.1, 0.15) is 22.3 Å². The van der Waals surface area contributed by atoms with Gasteiger partial charge >= 0.3 is 0 Å². The lowest BCUT2D eigenvalue weighted by Crippen LogP contribution is -2.16. The second kappa shape index (κ2) is 13.2. The summed E-state index contributed by atoms with van der Waals surface area (Å²) in [4.78, 5) is 2.38. The summed E-state index contributed by atoms with van der Waals surface area (Å²) in [6.07, 6.45) is 0. The third kappa shape index (κ3) is 5.29. The van der Waals surface area contributed by atoms with Gasteiger partial charge in [-0.05, 0) is 117 Å². The van der Waals surface area contributed by atoms with Gasteiger partial charge in [0, 0.05) is 49.6 Å². The van der Waals surface area contributed by atoms with Gasteiger partial charge in [0.2, 0.25) is 0 Å². The summed E-state index contributed by atoms with van der Waals surface area (Å²) in [5.41, 5.74) is 18.8. The molecule has 0 spiro atoms. The molecule has 0 radical (unpaired) electrons. The molecule has 0 N–H and O–H groups in total. The molecule has 3 heteroatoms. The Kier molecular flexibility index (Phi) is 7.58. The molecule has 60 heavy (non-hydrogen) atoms. The summed E-state index contributed by atoms with van der Waals surface area (Å²) in [6, 6.07) is 71.9. The Hall–Kier alpha value is -7.62. The van der Waals surface area contributed by atoms with Crippen molar-refractivity contribution in [1.82, 2.24) is 0 Å². The molecular weight excluding hydrogens is 731 g/mol. The van der Waals surface area contributed by atoms with Crippen molar-refractivity contribution in [1.29, 1.82) is 0 Å². The minimum atomic E-state index is -0.120. The summed E-state index contributed by atoms with van der Waals surface area (Å²) in [5, 5.41) is 4.33. The van der Waals surface area contributed by atoms with E-state index in [0.29, 0.717) is 0 Å².